The van der Waals surface area contributed by atoms with Gasteiger partial charge in [-0.1, -0.05) is 48.6 Å². The van der Waals surface area contributed by atoms with Crippen LogP contribution in [0.2, 0.25) is 6.82 Å². The first-order chi connectivity index (χ1) is 17.0. The number of nitrogens with one attached hydrogen (secondary N) is 3. The number of amides is 2. The maximum atomic E-state index is 13.2. The molecule has 2 unspecified atom stereocenters. The van der Waals surface area contributed by atoms with Crippen LogP contribution < -0.4 is 10.5 Å². The lowest BCUT2D eigenvalue weighted by atomic mass is 9.85. The molecule has 2 atom stereocenters. The summed E-state index contributed by atoms with van der Waals surface area (Å²) in [5.41, 5.74) is 4.70. The number of carbonyl (C=O) groups excluding carboxylic acids is 2. The van der Waals surface area contributed by atoms with Crippen molar-refractivity contribution in [3.8, 4) is 0 Å². The summed E-state index contributed by atoms with van der Waals surface area (Å²) in [5.74, 6) is -0.687. The molecule has 1 aliphatic carbocycles. The van der Waals surface area contributed by atoms with Gasteiger partial charge in [-0.3, -0.25) is 14.9 Å². The molecule has 3 heterocycles. The van der Waals surface area contributed by atoms with Gasteiger partial charge in [0.1, 0.15) is 0 Å². The molecule has 4 N–H and O–H groups in total. The van der Waals surface area contributed by atoms with Crippen molar-refractivity contribution in [2.75, 3.05) is 0 Å². The third-order valence-electron chi connectivity index (χ3n) is 7.41. The van der Waals surface area contributed by atoms with Gasteiger partial charge in [0.05, 0.1) is 28.2 Å². The highest BCUT2D eigenvalue weighted by Gasteiger charge is 2.36. The van der Waals surface area contributed by atoms with E-state index in [0.29, 0.717) is 11.1 Å². The number of para-hydroxylation sites is 2. The fourth-order valence-electron chi connectivity index (χ4n) is 6.09. The predicted octanol–water partition coefficient (Wildman–Crippen LogP) is 4.27. The summed E-state index contributed by atoms with van der Waals surface area (Å²) in [6.07, 6.45) is 6.05. The molecule has 0 saturated carbocycles. The second-order valence-electron chi connectivity index (χ2n) is 9.54. The largest absolute Gasteiger partial charge is 0.437 e. The molecule has 1 aliphatic heterocycles. The first-order valence-corrected chi connectivity index (χ1v) is 12.0. The normalized spacial score (nSPS) is 19.8. The lowest BCUT2D eigenvalue weighted by Crippen LogP contribution is -2.40. The SMILES string of the molecule is CB(O)NC1C=CC(n2c3ccccc3c3c4c(c5c6ccccc6[nH]c5c32)C(=O)NC4=O)CC1. The molecule has 2 aliphatic rings. The van der Waals surface area contributed by atoms with Crippen LogP contribution in [0.1, 0.15) is 39.6 Å². The molecule has 2 amide bonds. The monoisotopic (exact) mass is 462 g/mol. The van der Waals surface area contributed by atoms with Crippen molar-refractivity contribution < 1.29 is 14.6 Å². The fraction of sp³-hybridized carbons (Fsp3) is 0.185. The lowest BCUT2D eigenvalue weighted by molar-refractivity contribution is 0.0880. The first kappa shape index (κ1) is 20.5. The number of imide groups is 1. The molecule has 172 valence electrons. The van der Waals surface area contributed by atoms with Gasteiger partial charge >= 0.3 is 7.05 Å². The minimum atomic E-state index is -0.570. The van der Waals surface area contributed by atoms with Crippen LogP contribution in [-0.4, -0.2) is 39.5 Å². The summed E-state index contributed by atoms with van der Waals surface area (Å²) in [6.45, 7) is 1.73. The maximum absolute atomic E-state index is 13.2. The molecule has 8 heteroatoms. The maximum Gasteiger partial charge on any atom is 0.374 e. The van der Waals surface area contributed by atoms with Crippen molar-refractivity contribution in [3.05, 3.63) is 71.8 Å². The summed E-state index contributed by atoms with van der Waals surface area (Å²) in [5, 5.41) is 19.0. The van der Waals surface area contributed by atoms with E-state index in [-0.39, 0.29) is 23.9 Å². The number of rotatable bonds is 3. The third kappa shape index (κ3) is 2.81. The number of benzene rings is 3. The lowest BCUT2D eigenvalue weighted by Gasteiger charge is -2.26. The molecule has 0 bridgehead atoms. The standard InChI is InChI=1S/C27H23BN4O3/c1-28(35)31-14-10-12-15(13-11-14)32-19-9-5-3-7-17(19)21-23-22(26(33)30-27(23)34)20-16-6-2-4-8-18(16)29-24(20)25(21)32/h2-10,12,14-15,29,31,35H,11,13H2,1H3,(H,30,33,34). The van der Waals surface area contributed by atoms with Crippen LogP contribution in [0.25, 0.3) is 43.6 Å². The van der Waals surface area contributed by atoms with Crippen molar-refractivity contribution in [1.29, 1.82) is 0 Å². The van der Waals surface area contributed by atoms with Crippen molar-refractivity contribution in [2.45, 2.75) is 31.7 Å². The highest BCUT2D eigenvalue weighted by atomic mass is 16.2. The van der Waals surface area contributed by atoms with Gasteiger partial charge in [-0.05, 0) is 31.8 Å². The van der Waals surface area contributed by atoms with Crippen molar-refractivity contribution in [2.24, 2.45) is 0 Å². The van der Waals surface area contributed by atoms with Crippen LogP contribution in [-0.2, 0) is 0 Å². The number of H-pyrrole nitrogens is 1. The van der Waals surface area contributed by atoms with E-state index in [9.17, 15) is 14.6 Å². The summed E-state index contributed by atoms with van der Waals surface area (Å²) in [4.78, 5) is 29.8. The Hall–Kier alpha value is -3.88. The van der Waals surface area contributed by atoms with Crippen molar-refractivity contribution in [1.82, 2.24) is 20.1 Å². The van der Waals surface area contributed by atoms with E-state index in [4.69, 9.17) is 0 Å². The Bertz CT molecular complexity index is 1750. The van der Waals surface area contributed by atoms with Gasteiger partial charge in [0.25, 0.3) is 11.8 Å². The van der Waals surface area contributed by atoms with E-state index in [1.807, 2.05) is 42.5 Å². The Balaban J connectivity index is 1.63. The van der Waals surface area contributed by atoms with Gasteiger partial charge in [-0.25, -0.2) is 0 Å². The van der Waals surface area contributed by atoms with Crippen LogP contribution in [0.4, 0.5) is 0 Å². The smallest absolute Gasteiger partial charge is 0.374 e. The highest BCUT2D eigenvalue weighted by molar-refractivity contribution is 6.45. The number of carbonyl (C=O) groups is 2. The number of allylic oxidation sites excluding steroid dienone is 1. The Morgan fingerprint density at radius 1 is 0.943 bits per heavy atom. The molecule has 2 aromatic heterocycles. The van der Waals surface area contributed by atoms with Gasteiger partial charge in [0.15, 0.2) is 0 Å². The molecule has 7 nitrogen and oxygen atoms in total. The Labute approximate surface area is 200 Å². The average molecular weight is 462 g/mol. The van der Waals surface area contributed by atoms with Crippen LogP contribution in [0.3, 0.4) is 0 Å². The van der Waals surface area contributed by atoms with Gasteiger partial charge < -0.3 is 19.8 Å². The zero-order valence-electron chi connectivity index (χ0n) is 19.1. The first-order valence-electron chi connectivity index (χ1n) is 12.0. The zero-order valence-corrected chi connectivity index (χ0v) is 19.1. The third-order valence-corrected chi connectivity index (χ3v) is 7.41. The minimum Gasteiger partial charge on any atom is -0.437 e. The van der Waals surface area contributed by atoms with Crippen LogP contribution >= 0.6 is 0 Å². The van der Waals surface area contributed by atoms with Crippen LogP contribution in [0.15, 0.2) is 60.7 Å². The van der Waals surface area contributed by atoms with Crippen LogP contribution in [0.5, 0.6) is 0 Å². The second kappa shape index (κ2) is 7.31. The molecule has 35 heavy (non-hydrogen) atoms. The van der Waals surface area contributed by atoms with Crippen molar-refractivity contribution >= 4 is 62.5 Å². The van der Waals surface area contributed by atoms with Gasteiger partial charge in [0.2, 0.25) is 0 Å². The summed E-state index contributed by atoms with van der Waals surface area (Å²) < 4.78 is 2.31. The second-order valence-corrected chi connectivity index (χ2v) is 9.54. The molecule has 0 radical (unpaired) electrons. The fourth-order valence-corrected chi connectivity index (χ4v) is 6.09. The molecular weight excluding hydrogens is 439 g/mol. The predicted molar refractivity (Wildman–Crippen MR) is 139 cm³/mol. The zero-order chi connectivity index (χ0) is 23.8. The van der Waals surface area contributed by atoms with Gasteiger partial charge in [-0.15, -0.1) is 0 Å². The summed E-state index contributed by atoms with van der Waals surface area (Å²) in [7, 11) is -0.570. The number of nitrogens with zero attached hydrogens (tertiary/aromatic N) is 1. The number of aromatic amines is 1. The number of aromatic nitrogens is 2. The molecule has 0 spiro atoms. The molecule has 0 fully saturated rings. The van der Waals surface area contributed by atoms with E-state index in [2.05, 4.69) is 38.3 Å². The number of fused-ring (bicyclic) bond motifs is 10. The molecule has 7 rings (SSSR count). The number of hydrogen-bond donors (Lipinski definition) is 4. The van der Waals surface area contributed by atoms with E-state index in [1.165, 1.54) is 0 Å². The molecular formula is C27H23BN4O3. The molecule has 5 aromatic rings. The van der Waals surface area contributed by atoms with Crippen LogP contribution in [0, 0.1) is 0 Å². The molecule has 3 aromatic carbocycles. The highest BCUT2D eigenvalue weighted by Crippen LogP contribution is 2.45. The topological polar surface area (TPSA) is 99.2 Å². The average Bonchev–Trinajstić information content (AvgIpc) is 3.48. The summed E-state index contributed by atoms with van der Waals surface area (Å²) >= 11 is 0. The van der Waals surface area contributed by atoms with Crippen molar-refractivity contribution in [3.63, 3.8) is 0 Å². The van der Waals surface area contributed by atoms with E-state index in [1.54, 1.807) is 6.82 Å². The van der Waals surface area contributed by atoms with E-state index >= 15 is 0 Å². The minimum absolute atomic E-state index is 0.0669. The van der Waals surface area contributed by atoms with E-state index < -0.39 is 7.05 Å². The van der Waals surface area contributed by atoms with Gasteiger partial charge in [-0.2, -0.15) is 0 Å². The number of hydrogen-bond acceptors (Lipinski definition) is 4. The van der Waals surface area contributed by atoms with E-state index in [0.717, 1.165) is 56.5 Å². The Morgan fingerprint density at radius 2 is 1.66 bits per heavy atom. The Morgan fingerprint density at radius 3 is 2.40 bits per heavy atom. The summed E-state index contributed by atoms with van der Waals surface area (Å²) in [6, 6.07) is 16.2. The van der Waals surface area contributed by atoms with Gasteiger partial charge in [0, 0.05) is 38.6 Å². The molecule has 0 saturated heterocycles. The quantitative estimate of drug-likeness (QED) is 0.183. The Kier molecular flexibility index (Phi) is 4.28.